The van der Waals surface area contributed by atoms with Gasteiger partial charge >= 0.3 is 18.6 Å². The molecule has 1 atom stereocenters. The maximum atomic E-state index is 12.3. The summed E-state index contributed by atoms with van der Waals surface area (Å²) in [4.78, 5) is 20.9. The Balaban J connectivity index is 2.69. The van der Waals surface area contributed by atoms with Crippen LogP contribution in [0.25, 0.3) is 0 Å². The Bertz CT molecular complexity index is 428. The van der Waals surface area contributed by atoms with Crippen LogP contribution in [-0.4, -0.2) is 18.5 Å². The third kappa shape index (κ3) is 3.85. The molecule has 1 aromatic rings. The third-order valence-electron chi connectivity index (χ3n) is 2.20. The molecule has 0 aliphatic carbocycles. The van der Waals surface area contributed by atoms with Gasteiger partial charge in [-0.15, -0.1) is 0 Å². The maximum Gasteiger partial charge on any atom is 0.416 e. The number of hydrogen-bond acceptors (Lipinski definition) is 4. The van der Waals surface area contributed by atoms with Crippen molar-refractivity contribution < 1.29 is 27.5 Å². The lowest BCUT2D eigenvalue weighted by Gasteiger charge is -2.10. The first-order valence-electron chi connectivity index (χ1n) is 4.90. The number of alkyl halides is 3. The van der Waals surface area contributed by atoms with Crippen LogP contribution in [0.2, 0.25) is 0 Å². The van der Waals surface area contributed by atoms with E-state index in [0.717, 1.165) is 12.1 Å². The Labute approximate surface area is 101 Å². The lowest BCUT2D eigenvalue weighted by Crippen LogP contribution is -2.34. The minimum Gasteiger partial charge on any atom is -0.394 e. The molecule has 0 saturated carbocycles. The molecule has 0 aliphatic rings. The van der Waals surface area contributed by atoms with E-state index in [1.807, 2.05) is 0 Å². The van der Waals surface area contributed by atoms with Gasteiger partial charge in [-0.25, -0.2) is 4.79 Å². The first kappa shape index (κ1) is 14.2. The van der Waals surface area contributed by atoms with Gasteiger partial charge < -0.3 is 10.5 Å². The van der Waals surface area contributed by atoms with Crippen LogP contribution in [0.15, 0.2) is 24.3 Å². The molecule has 0 bridgehead atoms. The van der Waals surface area contributed by atoms with Gasteiger partial charge in [-0.05, 0) is 24.1 Å². The van der Waals surface area contributed by atoms with E-state index >= 15 is 0 Å². The zero-order valence-corrected chi connectivity index (χ0v) is 9.11. The van der Waals surface area contributed by atoms with Crippen LogP contribution in [0.3, 0.4) is 0 Å². The molecule has 0 heterocycles. The van der Waals surface area contributed by atoms with Gasteiger partial charge in [-0.2, -0.15) is 13.2 Å². The summed E-state index contributed by atoms with van der Waals surface area (Å²) in [5.41, 5.74) is 5.06. The topological polar surface area (TPSA) is 69.4 Å². The minimum absolute atomic E-state index is 0.00912. The van der Waals surface area contributed by atoms with Crippen molar-refractivity contribution in [1.29, 1.82) is 0 Å². The number of ether oxygens (including phenoxy) is 1. The van der Waals surface area contributed by atoms with E-state index in [-0.39, 0.29) is 12.9 Å². The number of hydrogen-bond donors (Lipinski definition) is 1. The quantitative estimate of drug-likeness (QED) is 0.503. The minimum atomic E-state index is -4.41. The van der Waals surface area contributed by atoms with Crippen molar-refractivity contribution in [2.75, 3.05) is 0 Å². The van der Waals surface area contributed by atoms with Gasteiger partial charge in [0.15, 0.2) is 0 Å². The van der Waals surface area contributed by atoms with Crippen LogP contribution in [0.4, 0.5) is 13.2 Å². The summed E-state index contributed by atoms with van der Waals surface area (Å²) < 4.78 is 40.8. The summed E-state index contributed by atoms with van der Waals surface area (Å²) in [6, 6.07) is 3.14. The largest absolute Gasteiger partial charge is 0.416 e. The van der Waals surface area contributed by atoms with Crippen LogP contribution >= 0.6 is 0 Å². The van der Waals surface area contributed by atoms with Gasteiger partial charge in [0.05, 0.1) is 5.56 Å². The lowest BCUT2D eigenvalue weighted by atomic mass is 10.0. The molecule has 0 amide bonds. The van der Waals surface area contributed by atoms with Crippen molar-refractivity contribution in [2.45, 2.75) is 18.6 Å². The highest BCUT2D eigenvalue weighted by Gasteiger charge is 2.30. The summed E-state index contributed by atoms with van der Waals surface area (Å²) >= 11 is 0. The molecule has 98 valence electrons. The molecule has 0 aliphatic heterocycles. The van der Waals surface area contributed by atoms with Crippen LogP contribution in [0.1, 0.15) is 11.1 Å². The standard InChI is InChI=1S/C11H10F3NO3/c12-11(13,14)8-3-1-7(2-4-8)5-9(15)10(17)18-6-16/h1-4,6,9H,5,15H2/t9-/m0/s1. The number of carbonyl (C=O) groups excluding carboxylic acids is 2. The second kappa shape index (κ2) is 5.63. The fraction of sp³-hybridized carbons (Fsp3) is 0.273. The maximum absolute atomic E-state index is 12.3. The monoisotopic (exact) mass is 261 g/mol. The molecule has 0 spiro atoms. The van der Waals surface area contributed by atoms with Gasteiger partial charge in [0.25, 0.3) is 0 Å². The van der Waals surface area contributed by atoms with Crippen LogP contribution in [0.5, 0.6) is 0 Å². The lowest BCUT2D eigenvalue weighted by molar-refractivity contribution is -0.152. The van der Waals surface area contributed by atoms with Crippen molar-refractivity contribution in [2.24, 2.45) is 5.73 Å². The highest BCUT2D eigenvalue weighted by atomic mass is 19.4. The summed E-state index contributed by atoms with van der Waals surface area (Å²) in [5, 5.41) is 0. The predicted molar refractivity (Wildman–Crippen MR) is 55.3 cm³/mol. The molecule has 2 N–H and O–H groups in total. The summed E-state index contributed by atoms with van der Waals surface area (Å²) in [6.45, 7) is -0.0467. The van der Waals surface area contributed by atoms with Crippen LogP contribution < -0.4 is 5.73 Å². The predicted octanol–water partition coefficient (Wildman–Crippen LogP) is 1.27. The molecule has 0 unspecified atom stereocenters. The number of benzene rings is 1. The SMILES string of the molecule is N[C@@H](Cc1ccc(C(F)(F)F)cc1)C(=O)OC=O. The molecule has 7 heteroatoms. The van der Waals surface area contributed by atoms with Gasteiger partial charge in [-0.3, -0.25) is 4.79 Å². The van der Waals surface area contributed by atoms with E-state index in [4.69, 9.17) is 5.73 Å². The van der Waals surface area contributed by atoms with Crippen LogP contribution in [-0.2, 0) is 26.9 Å². The Morgan fingerprint density at radius 3 is 2.33 bits per heavy atom. The highest BCUT2D eigenvalue weighted by Crippen LogP contribution is 2.29. The molecular weight excluding hydrogens is 251 g/mol. The van der Waals surface area contributed by atoms with Crippen molar-refractivity contribution in [3.05, 3.63) is 35.4 Å². The van der Waals surface area contributed by atoms with Gasteiger partial charge in [0.1, 0.15) is 6.04 Å². The highest BCUT2D eigenvalue weighted by molar-refractivity contribution is 5.81. The van der Waals surface area contributed by atoms with Gasteiger partial charge in [0, 0.05) is 0 Å². The third-order valence-corrected chi connectivity index (χ3v) is 2.20. The second-order valence-corrected chi connectivity index (χ2v) is 3.54. The van der Waals surface area contributed by atoms with E-state index in [1.54, 1.807) is 0 Å². The van der Waals surface area contributed by atoms with Crippen LogP contribution in [0, 0.1) is 0 Å². The smallest absolute Gasteiger partial charge is 0.394 e. The van der Waals surface area contributed by atoms with E-state index in [0.29, 0.717) is 5.56 Å². The summed E-state index contributed by atoms with van der Waals surface area (Å²) in [5.74, 6) is -0.926. The number of rotatable bonds is 4. The molecule has 4 nitrogen and oxygen atoms in total. The van der Waals surface area contributed by atoms with Crippen molar-refractivity contribution in [3.63, 3.8) is 0 Å². The van der Waals surface area contributed by atoms with E-state index in [2.05, 4.69) is 4.74 Å². The molecule has 0 aromatic heterocycles. The number of esters is 1. The molecule has 0 fully saturated rings. The molecule has 1 aromatic carbocycles. The number of nitrogens with two attached hydrogens (primary N) is 1. The molecular formula is C11H10F3NO3. The van der Waals surface area contributed by atoms with E-state index in [1.165, 1.54) is 12.1 Å². The van der Waals surface area contributed by atoms with Crippen molar-refractivity contribution in [3.8, 4) is 0 Å². The fourth-order valence-electron chi connectivity index (χ4n) is 1.30. The second-order valence-electron chi connectivity index (χ2n) is 3.54. The number of halogens is 3. The first-order chi connectivity index (χ1) is 8.34. The Morgan fingerprint density at radius 2 is 1.89 bits per heavy atom. The number of carbonyl (C=O) groups is 2. The van der Waals surface area contributed by atoms with Gasteiger partial charge in [-0.1, -0.05) is 12.1 Å². The Kier molecular flexibility index (Phi) is 4.43. The summed E-state index contributed by atoms with van der Waals surface area (Å²) in [6.07, 6.45) is -4.41. The fourth-order valence-corrected chi connectivity index (χ4v) is 1.30. The molecule has 18 heavy (non-hydrogen) atoms. The molecule has 1 rings (SSSR count). The van der Waals surface area contributed by atoms with Crippen molar-refractivity contribution >= 4 is 12.4 Å². The van der Waals surface area contributed by atoms with Crippen molar-refractivity contribution in [1.82, 2.24) is 0 Å². The Morgan fingerprint density at radius 1 is 1.33 bits per heavy atom. The zero-order valence-electron chi connectivity index (χ0n) is 9.11. The summed E-state index contributed by atoms with van der Waals surface area (Å²) in [7, 11) is 0. The van der Waals surface area contributed by atoms with E-state index < -0.39 is 23.8 Å². The molecule has 0 saturated heterocycles. The van der Waals surface area contributed by atoms with Gasteiger partial charge in [0.2, 0.25) is 0 Å². The normalized spacial score (nSPS) is 12.9. The first-order valence-corrected chi connectivity index (χ1v) is 4.90. The molecule has 0 radical (unpaired) electrons. The average molecular weight is 261 g/mol. The van der Waals surface area contributed by atoms with E-state index in [9.17, 15) is 22.8 Å². The average Bonchev–Trinajstić information content (AvgIpc) is 2.28. The zero-order chi connectivity index (χ0) is 13.8. The Hall–Kier alpha value is -1.89.